The van der Waals surface area contributed by atoms with Crippen LogP contribution in [0.25, 0.3) is 22.6 Å². The van der Waals surface area contributed by atoms with Crippen molar-refractivity contribution >= 4 is 34.3 Å². The van der Waals surface area contributed by atoms with E-state index in [0.29, 0.717) is 28.3 Å². The molecule has 32 heavy (non-hydrogen) atoms. The van der Waals surface area contributed by atoms with Gasteiger partial charge in [0.15, 0.2) is 12.2 Å². The summed E-state index contributed by atoms with van der Waals surface area (Å²) in [5, 5.41) is 3.57. The molecule has 0 aliphatic carbocycles. The summed E-state index contributed by atoms with van der Waals surface area (Å²) in [6.07, 6.45) is 0. The van der Waals surface area contributed by atoms with Crippen LogP contribution in [0.2, 0.25) is 5.02 Å². The second-order valence-electron chi connectivity index (χ2n) is 8.19. The third-order valence-corrected chi connectivity index (χ3v) is 5.85. The summed E-state index contributed by atoms with van der Waals surface area (Å²) in [7, 11) is 0. The van der Waals surface area contributed by atoms with Crippen LogP contribution in [0.5, 0.6) is 5.75 Å². The standard InChI is InChI=1S/C26H25ClN2O3/c1-15(2)18-8-9-23-22(13-18)29-26(32-23)19-6-5-7-20(12-19)28-24(30)14-31-21-10-16(3)25(27)17(4)11-21/h5-13,15H,14H2,1-4H3,(H,28,30). The minimum atomic E-state index is -0.258. The number of anilines is 1. The molecule has 0 bridgehead atoms. The number of carbonyl (C=O) groups excluding carboxylic acids is 1. The first kappa shape index (κ1) is 21.9. The number of halogens is 1. The van der Waals surface area contributed by atoms with Crippen molar-refractivity contribution in [2.45, 2.75) is 33.6 Å². The summed E-state index contributed by atoms with van der Waals surface area (Å²) >= 11 is 6.18. The van der Waals surface area contributed by atoms with Crippen molar-refractivity contribution in [3.63, 3.8) is 0 Å². The second kappa shape index (κ2) is 9.05. The van der Waals surface area contributed by atoms with Gasteiger partial charge in [-0.05, 0) is 78.9 Å². The van der Waals surface area contributed by atoms with E-state index in [1.807, 2.05) is 56.3 Å². The van der Waals surface area contributed by atoms with Crippen molar-refractivity contribution in [2.75, 3.05) is 11.9 Å². The molecule has 0 fully saturated rings. The molecule has 0 radical (unpaired) electrons. The molecular formula is C26H25ClN2O3. The summed E-state index contributed by atoms with van der Waals surface area (Å²) in [5.74, 6) is 1.29. The summed E-state index contributed by atoms with van der Waals surface area (Å²) < 4.78 is 11.6. The van der Waals surface area contributed by atoms with E-state index in [1.54, 1.807) is 0 Å². The van der Waals surface area contributed by atoms with Gasteiger partial charge in [-0.25, -0.2) is 4.98 Å². The van der Waals surface area contributed by atoms with E-state index < -0.39 is 0 Å². The molecule has 1 heterocycles. The maximum atomic E-state index is 12.4. The molecule has 1 N–H and O–H groups in total. The molecule has 0 spiro atoms. The van der Waals surface area contributed by atoms with Gasteiger partial charge < -0.3 is 14.5 Å². The first-order valence-electron chi connectivity index (χ1n) is 10.5. The quantitative estimate of drug-likeness (QED) is 0.348. The van der Waals surface area contributed by atoms with E-state index in [4.69, 9.17) is 20.8 Å². The number of hydrogen-bond acceptors (Lipinski definition) is 4. The molecule has 0 saturated carbocycles. The van der Waals surface area contributed by atoms with Crippen molar-refractivity contribution in [1.29, 1.82) is 0 Å². The highest BCUT2D eigenvalue weighted by Crippen LogP contribution is 2.29. The van der Waals surface area contributed by atoms with E-state index in [9.17, 15) is 4.79 Å². The molecule has 164 valence electrons. The molecule has 1 amide bonds. The highest BCUT2D eigenvalue weighted by atomic mass is 35.5. The molecule has 6 heteroatoms. The Bertz CT molecular complexity index is 1270. The summed E-state index contributed by atoms with van der Waals surface area (Å²) in [6, 6.07) is 17.1. The number of aryl methyl sites for hydroxylation is 2. The van der Waals surface area contributed by atoms with E-state index in [2.05, 4.69) is 36.3 Å². The van der Waals surface area contributed by atoms with E-state index in [1.165, 1.54) is 5.56 Å². The molecular weight excluding hydrogens is 424 g/mol. The van der Waals surface area contributed by atoms with Crippen LogP contribution in [0.15, 0.2) is 59.0 Å². The van der Waals surface area contributed by atoms with Crippen molar-refractivity contribution in [2.24, 2.45) is 0 Å². The maximum Gasteiger partial charge on any atom is 0.262 e. The number of ether oxygens (including phenoxy) is 1. The molecule has 0 unspecified atom stereocenters. The average Bonchev–Trinajstić information content (AvgIpc) is 3.19. The van der Waals surface area contributed by atoms with Crippen molar-refractivity contribution < 1.29 is 13.9 Å². The first-order valence-corrected chi connectivity index (χ1v) is 10.9. The molecule has 3 aromatic carbocycles. The number of fused-ring (bicyclic) bond motifs is 1. The third kappa shape index (κ3) is 4.78. The molecule has 4 aromatic rings. The largest absolute Gasteiger partial charge is 0.484 e. The number of aromatic nitrogens is 1. The van der Waals surface area contributed by atoms with Crippen LogP contribution in [0, 0.1) is 13.8 Å². The number of hydrogen-bond donors (Lipinski definition) is 1. The van der Waals surface area contributed by atoms with Gasteiger partial charge in [-0.2, -0.15) is 0 Å². The van der Waals surface area contributed by atoms with Crippen LogP contribution in [0.1, 0.15) is 36.5 Å². The van der Waals surface area contributed by atoms with Gasteiger partial charge in [-0.1, -0.05) is 37.6 Å². The van der Waals surface area contributed by atoms with Crippen LogP contribution < -0.4 is 10.1 Å². The van der Waals surface area contributed by atoms with Gasteiger partial charge in [-0.15, -0.1) is 0 Å². The fourth-order valence-corrected chi connectivity index (χ4v) is 3.60. The van der Waals surface area contributed by atoms with E-state index in [0.717, 1.165) is 27.8 Å². The SMILES string of the molecule is Cc1cc(OCC(=O)Nc2cccc(-c3nc4cc(C(C)C)ccc4o3)c2)cc(C)c1Cl. The number of nitrogens with one attached hydrogen (secondary N) is 1. The summed E-state index contributed by atoms with van der Waals surface area (Å²) in [4.78, 5) is 17.0. The number of rotatable bonds is 6. The van der Waals surface area contributed by atoms with Gasteiger partial charge in [0, 0.05) is 16.3 Å². The van der Waals surface area contributed by atoms with Crippen molar-refractivity contribution in [1.82, 2.24) is 4.98 Å². The summed E-state index contributed by atoms with van der Waals surface area (Å²) in [6.45, 7) is 8.00. The molecule has 0 aliphatic heterocycles. The van der Waals surface area contributed by atoms with Crippen LogP contribution in [-0.4, -0.2) is 17.5 Å². The molecule has 0 atom stereocenters. The predicted molar refractivity (Wildman–Crippen MR) is 129 cm³/mol. The lowest BCUT2D eigenvalue weighted by molar-refractivity contribution is -0.118. The van der Waals surface area contributed by atoms with Gasteiger partial charge in [0.25, 0.3) is 5.91 Å². The number of oxazole rings is 1. The van der Waals surface area contributed by atoms with Gasteiger partial charge in [0.1, 0.15) is 11.3 Å². The Kier molecular flexibility index (Phi) is 6.19. The Morgan fingerprint density at radius 3 is 2.56 bits per heavy atom. The molecule has 5 nitrogen and oxygen atoms in total. The minimum absolute atomic E-state index is 0.106. The molecule has 4 rings (SSSR count). The maximum absolute atomic E-state index is 12.4. The van der Waals surface area contributed by atoms with Crippen LogP contribution in [0.3, 0.4) is 0 Å². The zero-order chi connectivity index (χ0) is 22.8. The van der Waals surface area contributed by atoms with Crippen LogP contribution in [-0.2, 0) is 4.79 Å². The van der Waals surface area contributed by atoms with Crippen molar-refractivity contribution in [3.05, 3.63) is 76.3 Å². The highest BCUT2D eigenvalue weighted by molar-refractivity contribution is 6.32. The lowest BCUT2D eigenvalue weighted by Crippen LogP contribution is -2.20. The Hall–Kier alpha value is -3.31. The number of nitrogens with zero attached hydrogens (tertiary/aromatic N) is 1. The summed E-state index contributed by atoms with van der Waals surface area (Å²) in [5.41, 5.74) is 6.02. The molecule has 0 saturated heterocycles. The second-order valence-corrected chi connectivity index (χ2v) is 8.57. The topological polar surface area (TPSA) is 64.4 Å². The Morgan fingerprint density at radius 1 is 1.09 bits per heavy atom. The number of benzene rings is 3. The normalized spacial score (nSPS) is 11.2. The minimum Gasteiger partial charge on any atom is -0.484 e. The molecule has 0 aliphatic rings. The van der Waals surface area contributed by atoms with Gasteiger partial charge >= 0.3 is 0 Å². The highest BCUT2D eigenvalue weighted by Gasteiger charge is 2.12. The fraction of sp³-hybridized carbons (Fsp3) is 0.231. The van der Waals surface area contributed by atoms with E-state index in [-0.39, 0.29) is 12.5 Å². The first-order chi connectivity index (χ1) is 15.3. The van der Waals surface area contributed by atoms with Gasteiger partial charge in [-0.3, -0.25) is 4.79 Å². The van der Waals surface area contributed by atoms with Crippen LogP contribution >= 0.6 is 11.6 Å². The fourth-order valence-electron chi connectivity index (χ4n) is 3.49. The number of carbonyl (C=O) groups is 1. The van der Waals surface area contributed by atoms with Crippen molar-refractivity contribution in [3.8, 4) is 17.2 Å². The Labute approximate surface area is 192 Å². The Balaban J connectivity index is 1.46. The van der Waals surface area contributed by atoms with Gasteiger partial charge in [0.2, 0.25) is 5.89 Å². The van der Waals surface area contributed by atoms with E-state index >= 15 is 0 Å². The number of amides is 1. The van der Waals surface area contributed by atoms with Gasteiger partial charge in [0.05, 0.1) is 0 Å². The lowest BCUT2D eigenvalue weighted by atomic mass is 10.0. The third-order valence-electron chi connectivity index (χ3n) is 5.25. The average molecular weight is 449 g/mol. The molecule has 1 aromatic heterocycles. The van der Waals surface area contributed by atoms with Crippen LogP contribution in [0.4, 0.5) is 5.69 Å². The Morgan fingerprint density at radius 2 is 1.84 bits per heavy atom. The zero-order valence-corrected chi connectivity index (χ0v) is 19.3. The smallest absolute Gasteiger partial charge is 0.262 e. The zero-order valence-electron chi connectivity index (χ0n) is 18.5. The predicted octanol–water partition coefficient (Wildman–Crippen LogP) is 6.91. The lowest BCUT2D eigenvalue weighted by Gasteiger charge is -2.10. The monoisotopic (exact) mass is 448 g/mol.